The molecule has 1 aromatic rings. The first-order valence-electron chi connectivity index (χ1n) is 4.87. The fraction of sp³-hybridized carbons (Fsp3) is 0.556. The SMILES string of the molecule is O=[S@@](c1ccnc(Cl)n1)[C@H]1CCCNC1. The number of nitrogens with zero attached hydrogens (tertiary/aromatic N) is 2. The van der Waals surface area contributed by atoms with Gasteiger partial charge in [-0.2, -0.15) is 0 Å². The van der Waals surface area contributed by atoms with E-state index in [2.05, 4.69) is 15.3 Å². The predicted octanol–water partition coefficient (Wildman–Crippen LogP) is 0.990. The third-order valence-corrected chi connectivity index (χ3v) is 4.19. The van der Waals surface area contributed by atoms with E-state index in [0.717, 1.165) is 25.9 Å². The lowest BCUT2D eigenvalue weighted by molar-refractivity contribution is 0.519. The van der Waals surface area contributed by atoms with Gasteiger partial charge in [0, 0.05) is 12.7 Å². The van der Waals surface area contributed by atoms with E-state index in [1.54, 1.807) is 12.3 Å². The Morgan fingerprint density at radius 3 is 3.13 bits per heavy atom. The largest absolute Gasteiger partial charge is 0.316 e. The Hall–Kier alpha value is -0.520. The summed E-state index contributed by atoms with van der Waals surface area (Å²) in [5.74, 6) is 0. The highest BCUT2D eigenvalue weighted by Crippen LogP contribution is 2.15. The van der Waals surface area contributed by atoms with Crippen molar-refractivity contribution in [3.63, 3.8) is 0 Å². The van der Waals surface area contributed by atoms with Gasteiger partial charge in [0.05, 0.1) is 16.0 Å². The van der Waals surface area contributed by atoms with Crippen LogP contribution < -0.4 is 5.32 Å². The molecule has 0 saturated carbocycles. The summed E-state index contributed by atoms with van der Waals surface area (Å²) in [4.78, 5) is 7.75. The smallest absolute Gasteiger partial charge is 0.223 e. The summed E-state index contributed by atoms with van der Waals surface area (Å²) in [5.41, 5.74) is 0. The van der Waals surface area contributed by atoms with Gasteiger partial charge in [0.2, 0.25) is 5.28 Å². The molecule has 1 N–H and O–H groups in total. The van der Waals surface area contributed by atoms with Gasteiger partial charge >= 0.3 is 0 Å². The van der Waals surface area contributed by atoms with Gasteiger partial charge < -0.3 is 5.32 Å². The molecule has 0 spiro atoms. The Morgan fingerprint density at radius 2 is 2.47 bits per heavy atom. The number of hydrogen-bond donors (Lipinski definition) is 1. The molecule has 2 atom stereocenters. The molecule has 1 aromatic heterocycles. The number of rotatable bonds is 2. The van der Waals surface area contributed by atoms with Crippen LogP contribution in [-0.2, 0) is 10.8 Å². The van der Waals surface area contributed by atoms with Gasteiger partial charge in [-0.1, -0.05) is 0 Å². The topological polar surface area (TPSA) is 54.9 Å². The molecule has 1 fully saturated rings. The lowest BCUT2D eigenvalue weighted by atomic mass is 10.2. The van der Waals surface area contributed by atoms with E-state index in [1.807, 2.05) is 0 Å². The lowest BCUT2D eigenvalue weighted by Gasteiger charge is -2.21. The Kier molecular flexibility index (Phi) is 3.66. The van der Waals surface area contributed by atoms with Crippen LogP contribution in [0, 0.1) is 0 Å². The molecule has 0 aromatic carbocycles. The lowest BCUT2D eigenvalue weighted by Crippen LogP contribution is -2.36. The summed E-state index contributed by atoms with van der Waals surface area (Å²) in [6.07, 6.45) is 3.58. The van der Waals surface area contributed by atoms with Crippen LogP contribution in [0.4, 0.5) is 0 Å². The minimum atomic E-state index is -1.08. The van der Waals surface area contributed by atoms with Gasteiger partial charge in [-0.15, -0.1) is 0 Å². The second-order valence-electron chi connectivity index (χ2n) is 3.43. The molecule has 1 aliphatic rings. The van der Waals surface area contributed by atoms with Crippen molar-refractivity contribution < 1.29 is 4.21 Å². The molecule has 2 rings (SSSR count). The van der Waals surface area contributed by atoms with Crippen molar-refractivity contribution in [1.29, 1.82) is 0 Å². The van der Waals surface area contributed by atoms with E-state index in [-0.39, 0.29) is 10.5 Å². The minimum Gasteiger partial charge on any atom is -0.316 e. The zero-order valence-corrected chi connectivity index (χ0v) is 9.72. The van der Waals surface area contributed by atoms with E-state index < -0.39 is 10.8 Å². The summed E-state index contributed by atoms with van der Waals surface area (Å²) in [6, 6.07) is 1.66. The summed E-state index contributed by atoms with van der Waals surface area (Å²) in [5, 5.41) is 4.06. The van der Waals surface area contributed by atoms with E-state index in [4.69, 9.17) is 11.6 Å². The van der Waals surface area contributed by atoms with Crippen molar-refractivity contribution in [3.05, 3.63) is 17.5 Å². The second-order valence-corrected chi connectivity index (χ2v) is 5.45. The van der Waals surface area contributed by atoms with E-state index in [1.165, 1.54) is 0 Å². The summed E-state index contributed by atoms with van der Waals surface area (Å²) >= 11 is 5.66. The summed E-state index contributed by atoms with van der Waals surface area (Å²) < 4.78 is 12.1. The van der Waals surface area contributed by atoms with E-state index in [9.17, 15) is 4.21 Å². The van der Waals surface area contributed by atoms with Gasteiger partial charge in [0.15, 0.2) is 0 Å². The molecule has 0 unspecified atom stereocenters. The Bertz CT molecular complexity index is 368. The van der Waals surface area contributed by atoms with Gasteiger partial charge in [-0.25, -0.2) is 9.97 Å². The van der Waals surface area contributed by atoms with Crippen LogP contribution in [0.5, 0.6) is 0 Å². The minimum absolute atomic E-state index is 0.143. The number of aromatic nitrogens is 2. The average Bonchev–Trinajstić information content (AvgIpc) is 2.29. The third kappa shape index (κ3) is 2.74. The van der Waals surface area contributed by atoms with Crippen molar-refractivity contribution in [2.75, 3.05) is 13.1 Å². The first-order chi connectivity index (χ1) is 7.27. The first kappa shape index (κ1) is 11.0. The molecule has 6 heteroatoms. The van der Waals surface area contributed by atoms with Crippen LogP contribution in [0.1, 0.15) is 12.8 Å². The Balaban J connectivity index is 2.12. The molecule has 0 bridgehead atoms. The number of halogens is 1. The molecule has 0 aliphatic carbocycles. The zero-order chi connectivity index (χ0) is 10.7. The van der Waals surface area contributed by atoms with Crippen LogP contribution in [0.25, 0.3) is 0 Å². The Morgan fingerprint density at radius 1 is 1.60 bits per heavy atom. The molecular formula is C9H12ClN3OS. The zero-order valence-electron chi connectivity index (χ0n) is 8.15. The number of piperidine rings is 1. The molecule has 1 aliphatic heterocycles. The maximum atomic E-state index is 12.1. The molecule has 0 amide bonds. The van der Waals surface area contributed by atoms with E-state index in [0.29, 0.717) is 5.03 Å². The van der Waals surface area contributed by atoms with Crippen molar-refractivity contribution in [3.8, 4) is 0 Å². The van der Waals surface area contributed by atoms with E-state index >= 15 is 0 Å². The fourth-order valence-corrected chi connectivity index (χ4v) is 3.17. The van der Waals surface area contributed by atoms with Crippen LogP contribution >= 0.6 is 11.6 Å². The maximum absolute atomic E-state index is 12.1. The second kappa shape index (κ2) is 5.01. The van der Waals surface area contributed by atoms with Gasteiger partial charge in [0.25, 0.3) is 0 Å². The summed E-state index contributed by atoms with van der Waals surface area (Å²) in [7, 11) is -1.08. The van der Waals surface area contributed by atoms with Crippen LogP contribution in [0.2, 0.25) is 5.28 Å². The van der Waals surface area contributed by atoms with Crippen molar-refractivity contribution >= 4 is 22.4 Å². The quantitative estimate of drug-likeness (QED) is 0.624. The highest BCUT2D eigenvalue weighted by molar-refractivity contribution is 7.85. The average molecular weight is 246 g/mol. The van der Waals surface area contributed by atoms with Crippen LogP contribution in [0.3, 0.4) is 0 Å². The van der Waals surface area contributed by atoms with Crippen molar-refractivity contribution in [2.24, 2.45) is 0 Å². The first-order valence-corrected chi connectivity index (χ1v) is 6.46. The van der Waals surface area contributed by atoms with Crippen molar-refractivity contribution in [2.45, 2.75) is 23.1 Å². The summed E-state index contributed by atoms with van der Waals surface area (Å²) in [6.45, 7) is 1.80. The fourth-order valence-electron chi connectivity index (χ4n) is 1.60. The molecule has 82 valence electrons. The van der Waals surface area contributed by atoms with Gasteiger partial charge in [0.1, 0.15) is 5.03 Å². The molecule has 0 radical (unpaired) electrons. The molecule has 15 heavy (non-hydrogen) atoms. The normalized spacial score (nSPS) is 23.7. The van der Waals surface area contributed by atoms with Crippen molar-refractivity contribution in [1.82, 2.24) is 15.3 Å². The molecule has 2 heterocycles. The number of nitrogens with one attached hydrogen (secondary N) is 1. The maximum Gasteiger partial charge on any atom is 0.223 e. The standard InChI is InChI=1S/C9H12ClN3OS/c10-9-12-5-3-8(13-9)15(14)7-2-1-4-11-6-7/h3,5,7,11H,1-2,4,6H2/t7-,15+/m0/s1. The number of hydrogen-bond acceptors (Lipinski definition) is 4. The predicted molar refractivity (Wildman–Crippen MR) is 59.3 cm³/mol. The van der Waals surface area contributed by atoms with Gasteiger partial charge in [-0.05, 0) is 37.1 Å². The molecular weight excluding hydrogens is 234 g/mol. The van der Waals surface area contributed by atoms with Crippen LogP contribution in [0.15, 0.2) is 17.3 Å². The highest BCUT2D eigenvalue weighted by atomic mass is 35.5. The Labute approximate surface area is 95.9 Å². The molecule has 1 saturated heterocycles. The van der Waals surface area contributed by atoms with Crippen LogP contribution in [-0.4, -0.2) is 32.5 Å². The molecule has 4 nitrogen and oxygen atoms in total. The monoisotopic (exact) mass is 245 g/mol. The third-order valence-electron chi connectivity index (χ3n) is 2.36. The highest BCUT2D eigenvalue weighted by Gasteiger charge is 2.21. The van der Waals surface area contributed by atoms with Gasteiger partial charge in [-0.3, -0.25) is 4.21 Å².